The minimum Gasteiger partial charge on any atom is -0.339 e. The molecule has 0 radical (unpaired) electrons. The van der Waals surface area contributed by atoms with E-state index >= 15 is 0 Å². The van der Waals surface area contributed by atoms with E-state index in [1.807, 2.05) is 4.90 Å². The van der Waals surface area contributed by atoms with Crippen LogP contribution in [0.5, 0.6) is 0 Å². The predicted molar refractivity (Wildman–Crippen MR) is 74.2 cm³/mol. The molecule has 5 nitrogen and oxygen atoms in total. The van der Waals surface area contributed by atoms with Gasteiger partial charge in [0.25, 0.3) is 0 Å². The van der Waals surface area contributed by atoms with Crippen LogP contribution in [-0.4, -0.2) is 60.0 Å². The second-order valence-corrected chi connectivity index (χ2v) is 6.02. The molecule has 0 aromatic carbocycles. The Morgan fingerprint density at radius 1 is 1.22 bits per heavy atom. The van der Waals surface area contributed by atoms with Crippen molar-refractivity contribution in [3.8, 4) is 0 Å². The summed E-state index contributed by atoms with van der Waals surface area (Å²) in [5, 5.41) is 0. The van der Waals surface area contributed by atoms with Crippen molar-refractivity contribution in [1.82, 2.24) is 9.80 Å². The average molecular weight is 256 g/mol. The Balaban J connectivity index is 2.40. The van der Waals surface area contributed by atoms with Crippen LogP contribution in [0.4, 0.5) is 0 Å². The third-order valence-corrected chi connectivity index (χ3v) is 3.58. The van der Waals surface area contributed by atoms with E-state index in [9.17, 15) is 4.79 Å². The van der Waals surface area contributed by atoms with Crippen LogP contribution >= 0.6 is 0 Å². The fraction of sp³-hybridized carbons (Fsp3) is 0.923. The Bertz CT molecular complexity index is 267. The smallest absolute Gasteiger partial charge is 0.239 e. The van der Waals surface area contributed by atoms with Gasteiger partial charge in [-0.15, -0.1) is 0 Å². The number of piperazine rings is 1. The molecule has 18 heavy (non-hydrogen) atoms. The van der Waals surface area contributed by atoms with Gasteiger partial charge in [0.1, 0.15) is 0 Å². The normalized spacial score (nSPS) is 19.9. The van der Waals surface area contributed by atoms with E-state index < -0.39 is 0 Å². The van der Waals surface area contributed by atoms with E-state index in [2.05, 4.69) is 25.7 Å². The molecule has 0 spiro atoms. The summed E-state index contributed by atoms with van der Waals surface area (Å²) in [5.74, 6) is 0.0806. The molecule has 0 bridgehead atoms. The van der Waals surface area contributed by atoms with Crippen molar-refractivity contribution < 1.29 is 4.79 Å². The van der Waals surface area contributed by atoms with Crippen molar-refractivity contribution in [3.63, 3.8) is 0 Å². The highest BCUT2D eigenvalue weighted by Gasteiger charge is 2.29. The van der Waals surface area contributed by atoms with Crippen molar-refractivity contribution in [3.05, 3.63) is 0 Å². The van der Waals surface area contributed by atoms with Gasteiger partial charge in [-0.1, -0.05) is 0 Å². The summed E-state index contributed by atoms with van der Waals surface area (Å²) in [6.07, 6.45) is 1.50. The summed E-state index contributed by atoms with van der Waals surface area (Å²) in [7, 11) is 0. The SMILES string of the molecule is CC(C)(C)N1CCN(C(=O)C(N)CCCN)CC1. The second-order valence-electron chi connectivity index (χ2n) is 6.02. The third kappa shape index (κ3) is 4.23. The lowest BCUT2D eigenvalue weighted by Gasteiger charge is -2.42. The Hall–Kier alpha value is -0.650. The number of nitrogens with two attached hydrogens (primary N) is 2. The van der Waals surface area contributed by atoms with Gasteiger partial charge in [0.05, 0.1) is 6.04 Å². The molecule has 4 N–H and O–H groups in total. The molecule has 1 aliphatic heterocycles. The van der Waals surface area contributed by atoms with Crippen LogP contribution in [0.3, 0.4) is 0 Å². The predicted octanol–water partition coefficient (Wildman–Crippen LogP) is -0.00470. The molecule has 106 valence electrons. The number of carbonyl (C=O) groups is 1. The zero-order chi connectivity index (χ0) is 13.8. The Morgan fingerprint density at radius 2 is 1.78 bits per heavy atom. The maximum absolute atomic E-state index is 12.1. The molecule has 0 aromatic rings. The van der Waals surface area contributed by atoms with Gasteiger partial charge in [-0.05, 0) is 40.2 Å². The first-order chi connectivity index (χ1) is 8.36. The minimum atomic E-state index is -0.380. The van der Waals surface area contributed by atoms with Crippen molar-refractivity contribution in [1.29, 1.82) is 0 Å². The topological polar surface area (TPSA) is 75.6 Å². The maximum atomic E-state index is 12.1. The highest BCUT2D eigenvalue weighted by molar-refractivity contribution is 5.81. The number of rotatable bonds is 4. The van der Waals surface area contributed by atoms with Crippen LogP contribution in [0, 0.1) is 0 Å². The Kier molecular flexibility index (Phi) is 5.56. The average Bonchev–Trinajstić information content (AvgIpc) is 2.34. The third-order valence-electron chi connectivity index (χ3n) is 3.58. The van der Waals surface area contributed by atoms with Crippen molar-refractivity contribution in [2.75, 3.05) is 32.7 Å². The largest absolute Gasteiger partial charge is 0.339 e. The van der Waals surface area contributed by atoms with Crippen LogP contribution < -0.4 is 11.5 Å². The maximum Gasteiger partial charge on any atom is 0.239 e. The van der Waals surface area contributed by atoms with E-state index in [1.165, 1.54) is 0 Å². The monoisotopic (exact) mass is 256 g/mol. The molecule has 1 saturated heterocycles. The van der Waals surface area contributed by atoms with Gasteiger partial charge >= 0.3 is 0 Å². The summed E-state index contributed by atoms with van der Waals surface area (Å²) in [5.41, 5.74) is 11.5. The lowest BCUT2D eigenvalue weighted by atomic mass is 10.0. The second kappa shape index (κ2) is 6.50. The highest BCUT2D eigenvalue weighted by Crippen LogP contribution is 2.16. The first-order valence-electron chi connectivity index (χ1n) is 6.85. The molecular formula is C13H28N4O. The first kappa shape index (κ1) is 15.4. The lowest BCUT2D eigenvalue weighted by Crippen LogP contribution is -2.57. The summed E-state index contributed by atoms with van der Waals surface area (Å²) in [6, 6.07) is -0.380. The van der Waals surface area contributed by atoms with Gasteiger partial charge in [-0.2, -0.15) is 0 Å². The molecule has 1 fully saturated rings. The van der Waals surface area contributed by atoms with Crippen LogP contribution in [0.25, 0.3) is 0 Å². The van der Waals surface area contributed by atoms with Crippen molar-refractivity contribution in [2.45, 2.75) is 45.2 Å². The van der Waals surface area contributed by atoms with Crippen molar-refractivity contribution >= 4 is 5.91 Å². The summed E-state index contributed by atoms with van der Waals surface area (Å²) < 4.78 is 0. The molecule has 0 aromatic heterocycles. The Labute approximate surface area is 110 Å². The standard InChI is InChI=1S/C13H28N4O/c1-13(2,3)17-9-7-16(8-10-17)12(18)11(15)5-4-6-14/h11H,4-10,14-15H2,1-3H3. The molecule has 1 aliphatic rings. The zero-order valence-electron chi connectivity index (χ0n) is 12.0. The van der Waals surface area contributed by atoms with Gasteiger partial charge < -0.3 is 16.4 Å². The number of carbonyl (C=O) groups excluding carboxylic acids is 1. The van der Waals surface area contributed by atoms with Crippen molar-refractivity contribution in [2.24, 2.45) is 11.5 Å². The van der Waals surface area contributed by atoms with E-state index in [4.69, 9.17) is 11.5 Å². The van der Waals surface area contributed by atoms with Gasteiger partial charge in [-0.25, -0.2) is 0 Å². The lowest BCUT2D eigenvalue weighted by molar-refractivity contribution is -0.135. The molecule has 1 heterocycles. The molecule has 1 amide bonds. The van der Waals surface area contributed by atoms with E-state index in [1.54, 1.807) is 0 Å². The van der Waals surface area contributed by atoms with Gasteiger partial charge in [-0.3, -0.25) is 9.69 Å². The van der Waals surface area contributed by atoms with E-state index in [0.29, 0.717) is 13.0 Å². The quantitative estimate of drug-likeness (QED) is 0.742. The van der Waals surface area contributed by atoms with Gasteiger partial charge in [0.2, 0.25) is 5.91 Å². The van der Waals surface area contributed by atoms with Gasteiger partial charge in [0.15, 0.2) is 0 Å². The fourth-order valence-corrected chi connectivity index (χ4v) is 2.29. The van der Waals surface area contributed by atoms with E-state index in [0.717, 1.165) is 32.6 Å². The fourth-order valence-electron chi connectivity index (χ4n) is 2.29. The first-order valence-corrected chi connectivity index (χ1v) is 6.85. The molecule has 0 aliphatic carbocycles. The molecule has 1 rings (SSSR count). The van der Waals surface area contributed by atoms with Crippen LogP contribution in [0.2, 0.25) is 0 Å². The van der Waals surface area contributed by atoms with Crippen LogP contribution in [0.1, 0.15) is 33.6 Å². The van der Waals surface area contributed by atoms with Crippen LogP contribution in [-0.2, 0) is 4.79 Å². The molecule has 0 saturated carbocycles. The highest BCUT2D eigenvalue weighted by atomic mass is 16.2. The number of nitrogens with zero attached hydrogens (tertiary/aromatic N) is 2. The summed E-state index contributed by atoms with van der Waals surface area (Å²) in [4.78, 5) is 16.4. The molecule has 1 atom stereocenters. The molecule has 5 heteroatoms. The number of hydrogen-bond donors (Lipinski definition) is 2. The Morgan fingerprint density at radius 3 is 2.22 bits per heavy atom. The van der Waals surface area contributed by atoms with E-state index in [-0.39, 0.29) is 17.5 Å². The number of hydrogen-bond acceptors (Lipinski definition) is 4. The molecular weight excluding hydrogens is 228 g/mol. The number of amides is 1. The zero-order valence-corrected chi connectivity index (χ0v) is 12.0. The van der Waals surface area contributed by atoms with Gasteiger partial charge in [0, 0.05) is 31.7 Å². The summed E-state index contributed by atoms with van der Waals surface area (Å²) in [6.45, 7) is 10.6. The summed E-state index contributed by atoms with van der Waals surface area (Å²) >= 11 is 0. The minimum absolute atomic E-state index is 0.0806. The molecule has 1 unspecified atom stereocenters. The van der Waals surface area contributed by atoms with Crippen LogP contribution in [0.15, 0.2) is 0 Å².